The molecule has 29 heavy (non-hydrogen) atoms. The van der Waals surface area contributed by atoms with Crippen molar-refractivity contribution in [2.24, 2.45) is 0 Å². The molecule has 3 rings (SSSR count). The Kier molecular flexibility index (Phi) is 6.59. The average molecular weight is 397 g/mol. The molecule has 2 aromatic carbocycles. The van der Waals surface area contributed by atoms with Crippen LogP contribution < -0.4 is 25.0 Å². The number of amides is 3. The van der Waals surface area contributed by atoms with Crippen LogP contribution in [0.1, 0.15) is 24.5 Å². The molecule has 1 aliphatic heterocycles. The molecule has 154 valence electrons. The van der Waals surface area contributed by atoms with Gasteiger partial charge < -0.3 is 25.0 Å². The van der Waals surface area contributed by atoms with E-state index in [0.29, 0.717) is 37.6 Å². The second kappa shape index (κ2) is 9.32. The SMILES string of the molecule is CCOc1cc(CNC(=O)NC2CC(=O)N(c3ccc(C)cc3)C2)ccc1OC. The molecule has 1 fully saturated rings. The van der Waals surface area contributed by atoms with Gasteiger partial charge in [-0.3, -0.25) is 4.79 Å². The Balaban J connectivity index is 1.53. The molecule has 2 aromatic rings. The van der Waals surface area contributed by atoms with Crippen molar-refractivity contribution in [3.05, 3.63) is 53.6 Å². The van der Waals surface area contributed by atoms with Crippen LogP contribution in [0.3, 0.4) is 0 Å². The van der Waals surface area contributed by atoms with Crippen LogP contribution >= 0.6 is 0 Å². The Morgan fingerprint density at radius 1 is 1.17 bits per heavy atom. The van der Waals surface area contributed by atoms with Gasteiger partial charge in [-0.15, -0.1) is 0 Å². The van der Waals surface area contributed by atoms with E-state index in [0.717, 1.165) is 16.8 Å². The number of hydrogen-bond donors (Lipinski definition) is 2. The minimum absolute atomic E-state index is 0.00987. The Labute approximate surface area is 171 Å². The maximum atomic E-state index is 12.3. The van der Waals surface area contributed by atoms with Gasteiger partial charge in [0.2, 0.25) is 5.91 Å². The summed E-state index contributed by atoms with van der Waals surface area (Å²) in [5, 5.41) is 5.72. The van der Waals surface area contributed by atoms with Gasteiger partial charge >= 0.3 is 6.03 Å². The molecule has 0 spiro atoms. The fourth-order valence-electron chi connectivity index (χ4n) is 3.30. The van der Waals surface area contributed by atoms with Crippen LogP contribution in [0.25, 0.3) is 0 Å². The van der Waals surface area contributed by atoms with Crippen molar-refractivity contribution >= 4 is 17.6 Å². The van der Waals surface area contributed by atoms with E-state index in [1.807, 2.05) is 56.3 Å². The molecule has 2 N–H and O–H groups in total. The first-order valence-electron chi connectivity index (χ1n) is 9.71. The van der Waals surface area contributed by atoms with E-state index in [2.05, 4.69) is 10.6 Å². The summed E-state index contributed by atoms with van der Waals surface area (Å²) in [5.74, 6) is 1.31. The number of carbonyl (C=O) groups excluding carboxylic acids is 2. The second-order valence-electron chi connectivity index (χ2n) is 6.99. The van der Waals surface area contributed by atoms with E-state index in [-0.39, 0.29) is 18.0 Å². The molecule has 3 amide bonds. The second-order valence-corrected chi connectivity index (χ2v) is 6.99. The minimum Gasteiger partial charge on any atom is -0.493 e. The van der Waals surface area contributed by atoms with Crippen molar-refractivity contribution < 1.29 is 19.1 Å². The molecular formula is C22H27N3O4. The van der Waals surface area contributed by atoms with Crippen molar-refractivity contribution in [3.8, 4) is 11.5 Å². The number of hydrogen-bond acceptors (Lipinski definition) is 4. The molecular weight excluding hydrogens is 370 g/mol. The Morgan fingerprint density at radius 3 is 2.62 bits per heavy atom. The van der Waals surface area contributed by atoms with Gasteiger partial charge in [-0.1, -0.05) is 23.8 Å². The van der Waals surface area contributed by atoms with Crippen LogP contribution in [0.2, 0.25) is 0 Å². The summed E-state index contributed by atoms with van der Waals surface area (Å²) >= 11 is 0. The van der Waals surface area contributed by atoms with Gasteiger partial charge in [0.1, 0.15) is 0 Å². The number of rotatable bonds is 7. The van der Waals surface area contributed by atoms with Gasteiger partial charge in [-0.2, -0.15) is 0 Å². The summed E-state index contributed by atoms with van der Waals surface area (Å²) in [7, 11) is 1.59. The molecule has 0 aromatic heterocycles. The van der Waals surface area contributed by atoms with E-state index in [4.69, 9.17) is 9.47 Å². The highest BCUT2D eigenvalue weighted by Crippen LogP contribution is 2.28. The molecule has 0 saturated carbocycles. The standard InChI is InChI=1S/C22H27N3O4/c1-4-29-20-11-16(7-10-19(20)28-3)13-23-22(27)24-17-12-21(26)25(14-17)18-8-5-15(2)6-9-18/h5-11,17H,4,12-14H2,1-3H3,(H2,23,24,27). The number of benzene rings is 2. The van der Waals surface area contributed by atoms with Gasteiger partial charge in [0.25, 0.3) is 0 Å². The van der Waals surface area contributed by atoms with Crippen LogP contribution in [0, 0.1) is 6.92 Å². The number of nitrogens with one attached hydrogen (secondary N) is 2. The first-order valence-corrected chi connectivity index (χ1v) is 9.71. The van der Waals surface area contributed by atoms with E-state index >= 15 is 0 Å². The number of methoxy groups -OCH3 is 1. The van der Waals surface area contributed by atoms with Gasteiger partial charge in [0, 0.05) is 25.2 Å². The number of carbonyl (C=O) groups is 2. The van der Waals surface area contributed by atoms with Crippen LogP contribution in [0.5, 0.6) is 11.5 Å². The largest absolute Gasteiger partial charge is 0.493 e. The molecule has 0 bridgehead atoms. The van der Waals surface area contributed by atoms with Crippen molar-refractivity contribution in [2.75, 3.05) is 25.2 Å². The van der Waals surface area contributed by atoms with E-state index < -0.39 is 0 Å². The highest BCUT2D eigenvalue weighted by molar-refractivity contribution is 5.96. The lowest BCUT2D eigenvalue weighted by molar-refractivity contribution is -0.117. The number of nitrogens with zero attached hydrogens (tertiary/aromatic N) is 1. The zero-order valence-electron chi connectivity index (χ0n) is 17.0. The summed E-state index contributed by atoms with van der Waals surface area (Å²) in [6.07, 6.45) is 0.290. The minimum atomic E-state index is -0.303. The number of urea groups is 1. The fraction of sp³-hybridized carbons (Fsp3) is 0.364. The maximum Gasteiger partial charge on any atom is 0.315 e. The third-order valence-corrected chi connectivity index (χ3v) is 4.79. The quantitative estimate of drug-likeness (QED) is 0.753. The summed E-state index contributed by atoms with van der Waals surface area (Å²) in [5.41, 5.74) is 2.89. The molecule has 1 atom stereocenters. The molecule has 0 radical (unpaired) electrons. The fourth-order valence-corrected chi connectivity index (χ4v) is 3.30. The normalized spacial score (nSPS) is 15.9. The molecule has 7 nitrogen and oxygen atoms in total. The van der Waals surface area contributed by atoms with Crippen molar-refractivity contribution in [2.45, 2.75) is 32.9 Å². The Morgan fingerprint density at radius 2 is 1.93 bits per heavy atom. The van der Waals surface area contributed by atoms with Crippen molar-refractivity contribution in [1.82, 2.24) is 10.6 Å². The van der Waals surface area contributed by atoms with E-state index in [1.165, 1.54) is 0 Å². The lowest BCUT2D eigenvalue weighted by Crippen LogP contribution is -2.43. The van der Waals surface area contributed by atoms with Crippen LogP contribution in [0.4, 0.5) is 10.5 Å². The predicted molar refractivity (Wildman–Crippen MR) is 111 cm³/mol. The topological polar surface area (TPSA) is 79.9 Å². The third-order valence-electron chi connectivity index (χ3n) is 4.79. The van der Waals surface area contributed by atoms with Crippen LogP contribution in [0.15, 0.2) is 42.5 Å². The number of aryl methyl sites for hydroxylation is 1. The molecule has 7 heteroatoms. The number of ether oxygens (including phenoxy) is 2. The summed E-state index contributed by atoms with van der Waals surface area (Å²) in [6, 6.07) is 12.8. The molecule has 1 saturated heterocycles. The van der Waals surface area contributed by atoms with Crippen LogP contribution in [-0.4, -0.2) is 38.2 Å². The van der Waals surface area contributed by atoms with E-state index in [9.17, 15) is 9.59 Å². The molecule has 0 aliphatic carbocycles. The monoisotopic (exact) mass is 397 g/mol. The lowest BCUT2D eigenvalue weighted by Gasteiger charge is -2.18. The maximum absolute atomic E-state index is 12.3. The first kappa shape index (κ1) is 20.5. The Hall–Kier alpha value is -3.22. The summed E-state index contributed by atoms with van der Waals surface area (Å²) in [4.78, 5) is 26.3. The van der Waals surface area contributed by atoms with Gasteiger partial charge in [-0.25, -0.2) is 4.79 Å². The third kappa shape index (κ3) is 5.19. The van der Waals surface area contributed by atoms with Crippen molar-refractivity contribution in [3.63, 3.8) is 0 Å². The summed E-state index contributed by atoms with van der Waals surface area (Å²) < 4.78 is 10.8. The van der Waals surface area contributed by atoms with E-state index in [1.54, 1.807) is 12.0 Å². The van der Waals surface area contributed by atoms with Crippen LogP contribution in [-0.2, 0) is 11.3 Å². The van der Waals surface area contributed by atoms with Gasteiger partial charge in [-0.05, 0) is 43.7 Å². The highest BCUT2D eigenvalue weighted by atomic mass is 16.5. The zero-order chi connectivity index (χ0) is 20.8. The Bertz CT molecular complexity index is 867. The molecule has 1 unspecified atom stereocenters. The highest BCUT2D eigenvalue weighted by Gasteiger charge is 2.31. The predicted octanol–water partition coefficient (Wildman–Crippen LogP) is 3.01. The zero-order valence-corrected chi connectivity index (χ0v) is 17.0. The number of anilines is 1. The molecule has 1 aliphatic rings. The lowest BCUT2D eigenvalue weighted by atomic mass is 10.2. The smallest absolute Gasteiger partial charge is 0.315 e. The average Bonchev–Trinajstić information content (AvgIpc) is 3.07. The van der Waals surface area contributed by atoms with Gasteiger partial charge in [0.05, 0.1) is 19.8 Å². The van der Waals surface area contributed by atoms with Crippen molar-refractivity contribution in [1.29, 1.82) is 0 Å². The molecule has 1 heterocycles. The first-order chi connectivity index (χ1) is 14.0. The summed E-state index contributed by atoms with van der Waals surface area (Å²) in [6.45, 7) is 5.25. The van der Waals surface area contributed by atoms with Gasteiger partial charge in [0.15, 0.2) is 11.5 Å².